The number of aliphatic hydroxyl groups excluding tert-OH is 1. The molecule has 0 radical (unpaired) electrons. The van der Waals surface area contributed by atoms with Gasteiger partial charge in [0, 0.05) is 13.6 Å². The quantitative estimate of drug-likeness (QED) is 0.769. The monoisotopic (exact) mass is 371 g/mol. The van der Waals surface area contributed by atoms with Gasteiger partial charge in [-0.1, -0.05) is 12.1 Å². The van der Waals surface area contributed by atoms with E-state index in [4.69, 9.17) is 9.84 Å². The molecule has 1 aromatic heterocycles. The van der Waals surface area contributed by atoms with Crippen LogP contribution in [0.15, 0.2) is 36.7 Å². The molecule has 0 saturated heterocycles. The highest BCUT2D eigenvalue weighted by Gasteiger charge is 2.34. The molecular formula is C16H16F3N3O4. The van der Waals surface area contributed by atoms with Crippen molar-refractivity contribution in [1.29, 1.82) is 0 Å². The summed E-state index contributed by atoms with van der Waals surface area (Å²) in [5, 5.41) is 18.8. The van der Waals surface area contributed by atoms with E-state index in [2.05, 4.69) is 9.97 Å². The Labute approximate surface area is 146 Å². The second kappa shape index (κ2) is 8.00. The minimum Gasteiger partial charge on any atom is -0.490 e. The number of ether oxygens (including phenoxy) is 1. The summed E-state index contributed by atoms with van der Waals surface area (Å²) < 4.78 is 43.8. The van der Waals surface area contributed by atoms with Crippen molar-refractivity contribution < 1.29 is 32.9 Å². The highest BCUT2D eigenvalue weighted by Crippen LogP contribution is 2.35. The van der Waals surface area contributed by atoms with Crippen molar-refractivity contribution in [3.63, 3.8) is 0 Å². The van der Waals surface area contributed by atoms with E-state index < -0.39 is 23.8 Å². The summed E-state index contributed by atoms with van der Waals surface area (Å²) >= 11 is 0. The molecule has 26 heavy (non-hydrogen) atoms. The zero-order chi connectivity index (χ0) is 19.3. The SMILES string of the molecule is CN(CC(O)COc1ccccc1C(F)(F)F)c1cnc(C(=O)O)cn1. The van der Waals surface area contributed by atoms with Crippen molar-refractivity contribution in [2.24, 2.45) is 0 Å². The number of aromatic carboxylic acids is 1. The Morgan fingerprint density at radius 1 is 1.27 bits per heavy atom. The summed E-state index contributed by atoms with van der Waals surface area (Å²) in [6.07, 6.45) is -3.38. The molecule has 0 aliphatic carbocycles. The third-order valence-electron chi connectivity index (χ3n) is 3.36. The number of alkyl halides is 3. The number of carboxylic acids is 1. The van der Waals surface area contributed by atoms with E-state index >= 15 is 0 Å². The summed E-state index contributed by atoms with van der Waals surface area (Å²) in [6.45, 7) is -0.368. The fourth-order valence-electron chi connectivity index (χ4n) is 2.10. The van der Waals surface area contributed by atoms with Gasteiger partial charge < -0.3 is 19.8 Å². The Morgan fingerprint density at radius 2 is 1.96 bits per heavy atom. The first-order chi connectivity index (χ1) is 12.2. The van der Waals surface area contributed by atoms with Crippen LogP contribution in [0.2, 0.25) is 0 Å². The molecule has 1 unspecified atom stereocenters. The lowest BCUT2D eigenvalue weighted by Crippen LogP contribution is -2.33. The van der Waals surface area contributed by atoms with Gasteiger partial charge in [-0.3, -0.25) is 0 Å². The Bertz CT molecular complexity index is 753. The number of likely N-dealkylation sites (N-methyl/N-ethyl adjacent to an activating group) is 1. The maximum Gasteiger partial charge on any atom is 0.419 e. The van der Waals surface area contributed by atoms with Gasteiger partial charge in [-0.2, -0.15) is 13.2 Å². The molecular weight excluding hydrogens is 355 g/mol. The molecule has 0 aliphatic heterocycles. The van der Waals surface area contributed by atoms with Crippen molar-refractivity contribution in [1.82, 2.24) is 9.97 Å². The second-order valence-electron chi connectivity index (χ2n) is 5.40. The van der Waals surface area contributed by atoms with Crippen LogP contribution in [0.4, 0.5) is 19.0 Å². The summed E-state index contributed by atoms with van der Waals surface area (Å²) in [7, 11) is 1.57. The Balaban J connectivity index is 1.95. The molecule has 140 valence electrons. The molecule has 1 heterocycles. The highest BCUT2D eigenvalue weighted by atomic mass is 19.4. The number of halogens is 3. The number of anilines is 1. The lowest BCUT2D eigenvalue weighted by molar-refractivity contribution is -0.139. The average Bonchev–Trinajstić information content (AvgIpc) is 2.59. The number of carboxylic acid groups (broad SMARTS) is 1. The molecule has 2 aromatic rings. The van der Waals surface area contributed by atoms with E-state index in [0.717, 1.165) is 12.3 Å². The number of aromatic nitrogens is 2. The third-order valence-corrected chi connectivity index (χ3v) is 3.36. The van der Waals surface area contributed by atoms with Crippen molar-refractivity contribution in [3.8, 4) is 5.75 Å². The Kier molecular flexibility index (Phi) is 5.98. The zero-order valence-corrected chi connectivity index (χ0v) is 13.6. The molecule has 0 amide bonds. The fraction of sp³-hybridized carbons (Fsp3) is 0.312. The van der Waals surface area contributed by atoms with E-state index in [0.29, 0.717) is 5.82 Å². The minimum atomic E-state index is -4.56. The standard InChI is InChI=1S/C16H16F3N3O4/c1-22(14-7-20-12(6-21-14)15(24)25)8-10(23)9-26-13-5-3-2-4-11(13)16(17,18)19/h2-7,10,23H,8-9H2,1H3,(H,24,25). The first kappa shape index (κ1) is 19.4. The topological polar surface area (TPSA) is 95.8 Å². The lowest BCUT2D eigenvalue weighted by atomic mass is 10.2. The molecule has 0 bridgehead atoms. The van der Waals surface area contributed by atoms with E-state index in [1.807, 2.05) is 0 Å². The minimum absolute atomic E-state index is 0.00468. The Morgan fingerprint density at radius 3 is 2.54 bits per heavy atom. The van der Waals surface area contributed by atoms with Crippen molar-refractivity contribution in [2.45, 2.75) is 12.3 Å². The number of para-hydroxylation sites is 1. The average molecular weight is 371 g/mol. The normalized spacial score (nSPS) is 12.5. The van der Waals surface area contributed by atoms with Gasteiger partial charge in [0.1, 0.15) is 24.3 Å². The van der Waals surface area contributed by atoms with E-state index in [-0.39, 0.29) is 24.6 Å². The van der Waals surface area contributed by atoms with E-state index in [1.54, 1.807) is 7.05 Å². The van der Waals surface area contributed by atoms with Gasteiger partial charge in [0.2, 0.25) is 0 Å². The highest BCUT2D eigenvalue weighted by molar-refractivity contribution is 5.84. The van der Waals surface area contributed by atoms with Gasteiger partial charge in [0.25, 0.3) is 0 Å². The number of hydrogen-bond acceptors (Lipinski definition) is 6. The first-order valence-electron chi connectivity index (χ1n) is 7.42. The van der Waals surface area contributed by atoms with Crippen LogP contribution in [-0.2, 0) is 6.18 Å². The van der Waals surface area contributed by atoms with E-state index in [1.165, 1.54) is 29.3 Å². The second-order valence-corrected chi connectivity index (χ2v) is 5.40. The smallest absolute Gasteiger partial charge is 0.419 e. The van der Waals surface area contributed by atoms with Crippen LogP contribution < -0.4 is 9.64 Å². The van der Waals surface area contributed by atoms with Gasteiger partial charge in [-0.15, -0.1) is 0 Å². The largest absolute Gasteiger partial charge is 0.490 e. The van der Waals surface area contributed by atoms with Gasteiger partial charge in [0.15, 0.2) is 5.69 Å². The van der Waals surface area contributed by atoms with Crippen LogP contribution in [0, 0.1) is 0 Å². The predicted octanol–water partition coefficient (Wildman–Crippen LogP) is 2.07. The maximum absolute atomic E-state index is 12.9. The molecule has 0 saturated carbocycles. The van der Waals surface area contributed by atoms with Gasteiger partial charge in [-0.25, -0.2) is 14.8 Å². The predicted molar refractivity (Wildman–Crippen MR) is 85.2 cm³/mol. The van der Waals surface area contributed by atoms with Crippen molar-refractivity contribution >= 4 is 11.8 Å². The molecule has 0 spiro atoms. The maximum atomic E-state index is 12.9. The number of aliphatic hydroxyl groups is 1. The number of nitrogens with zero attached hydrogens (tertiary/aromatic N) is 3. The Hall–Kier alpha value is -2.88. The van der Waals surface area contributed by atoms with Crippen LogP contribution in [0.1, 0.15) is 16.1 Å². The van der Waals surface area contributed by atoms with Gasteiger partial charge in [-0.05, 0) is 12.1 Å². The van der Waals surface area contributed by atoms with Crippen LogP contribution in [-0.4, -0.2) is 52.5 Å². The summed E-state index contributed by atoms with van der Waals surface area (Å²) in [5.74, 6) is -1.29. The molecule has 10 heteroatoms. The molecule has 2 rings (SSSR count). The zero-order valence-electron chi connectivity index (χ0n) is 13.6. The van der Waals surface area contributed by atoms with Gasteiger partial charge >= 0.3 is 12.1 Å². The number of carbonyl (C=O) groups is 1. The molecule has 0 fully saturated rings. The van der Waals surface area contributed by atoms with Crippen molar-refractivity contribution in [2.75, 3.05) is 25.1 Å². The fourth-order valence-corrected chi connectivity index (χ4v) is 2.10. The molecule has 2 N–H and O–H groups in total. The van der Waals surface area contributed by atoms with Crippen molar-refractivity contribution in [3.05, 3.63) is 47.9 Å². The lowest BCUT2D eigenvalue weighted by Gasteiger charge is -2.22. The van der Waals surface area contributed by atoms with Gasteiger partial charge in [0.05, 0.1) is 18.0 Å². The van der Waals surface area contributed by atoms with Crippen LogP contribution >= 0.6 is 0 Å². The van der Waals surface area contributed by atoms with Crippen LogP contribution in [0.5, 0.6) is 5.75 Å². The summed E-state index contributed by atoms with van der Waals surface area (Å²) in [5.41, 5.74) is -1.15. The van der Waals surface area contributed by atoms with Crippen LogP contribution in [0.3, 0.4) is 0 Å². The number of benzene rings is 1. The molecule has 1 aromatic carbocycles. The number of rotatable bonds is 7. The summed E-state index contributed by atoms with van der Waals surface area (Å²) in [6, 6.07) is 4.73. The summed E-state index contributed by atoms with van der Waals surface area (Å²) in [4.78, 5) is 19.8. The molecule has 0 aliphatic rings. The third kappa shape index (κ3) is 5.06. The van der Waals surface area contributed by atoms with E-state index in [9.17, 15) is 23.1 Å². The molecule has 1 atom stereocenters. The van der Waals surface area contributed by atoms with Crippen LogP contribution in [0.25, 0.3) is 0 Å². The number of hydrogen-bond donors (Lipinski definition) is 2. The first-order valence-corrected chi connectivity index (χ1v) is 7.42. The molecule has 7 nitrogen and oxygen atoms in total.